The minimum Gasteiger partial charge on any atom is -0.390 e. The van der Waals surface area contributed by atoms with E-state index in [9.17, 15) is 19.2 Å². The van der Waals surface area contributed by atoms with Crippen LogP contribution in [0, 0.1) is 10.7 Å². The van der Waals surface area contributed by atoms with Gasteiger partial charge < -0.3 is 15.4 Å². The number of hydrogen-bond donors (Lipinski definition) is 2. The van der Waals surface area contributed by atoms with Gasteiger partial charge >= 0.3 is 11.9 Å². The summed E-state index contributed by atoms with van der Waals surface area (Å²) < 4.78 is 6.06. The first kappa shape index (κ1) is 20.5. The highest BCUT2D eigenvalue weighted by Crippen LogP contribution is 2.39. The van der Waals surface area contributed by atoms with Crippen molar-refractivity contribution in [3.05, 3.63) is 16.3 Å². The van der Waals surface area contributed by atoms with Crippen molar-refractivity contribution in [2.24, 2.45) is 0 Å². The van der Waals surface area contributed by atoms with Crippen molar-refractivity contribution in [1.29, 1.82) is 0 Å². The Balaban J connectivity index is 3.66. The Labute approximate surface area is 173 Å². The number of anilines is 2. The molecule has 124 valence electrons. The molecule has 0 aliphatic heterocycles. The van der Waals surface area contributed by atoms with Crippen molar-refractivity contribution in [2.45, 2.75) is 20.8 Å². The summed E-state index contributed by atoms with van der Waals surface area (Å²) in [5, 5.41) is 5.26. The lowest BCUT2D eigenvalue weighted by Crippen LogP contribution is -2.20. The Morgan fingerprint density at radius 2 is 1.17 bits per heavy atom. The predicted octanol–water partition coefficient (Wildman–Crippen LogP) is 3.12. The molecular weight excluding hydrogens is 645 g/mol. The van der Waals surface area contributed by atoms with Crippen LogP contribution < -0.4 is 10.6 Å². The van der Waals surface area contributed by atoms with E-state index in [0.717, 1.165) is 6.92 Å². The number of hydrogen-bond acceptors (Lipinski definition) is 5. The van der Waals surface area contributed by atoms with Gasteiger partial charge in [0.1, 0.15) is 0 Å². The minimum absolute atomic E-state index is 0.106. The molecule has 0 heterocycles. The largest absolute Gasteiger partial charge is 0.390 e. The standard InChI is InChI=1S/C13H11I3N2O5/c1-4(19)17-11-8(14)7(13(22)23-6(3)21)9(15)12(10(11)16)18-5(2)20/h1-3H3,(H,17,19)(H,18,20). The van der Waals surface area contributed by atoms with Crippen LogP contribution in [-0.2, 0) is 19.1 Å². The van der Waals surface area contributed by atoms with Crippen molar-refractivity contribution in [3.8, 4) is 0 Å². The SMILES string of the molecule is CC(=O)Nc1c(I)c(NC(C)=O)c(I)c(C(=O)OC(C)=O)c1I. The molecule has 1 rings (SSSR count). The molecule has 2 N–H and O–H groups in total. The van der Waals surface area contributed by atoms with E-state index < -0.39 is 11.9 Å². The van der Waals surface area contributed by atoms with Gasteiger partial charge in [-0.15, -0.1) is 0 Å². The summed E-state index contributed by atoms with van der Waals surface area (Å²) in [7, 11) is 0. The molecule has 0 saturated heterocycles. The lowest BCUT2D eigenvalue weighted by Gasteiger charge is -2.18. The summed E-state index contributed by atoms with van der Waals surface area (Å²) in [6.45, 7) is 3.78. The van der Waals surface area contributed by atoms with Crippen LogP contribution in [0.4, 0.5) is 11.4 Å². The third-order valence-corrected chi connectivity index (χ3v) is 5.60. The fraction of sp³-hybridized carbons (Fsp3) is 0.231. The zero-order valence-electron chi connectivity index (χ0n) is 12.2. The van der Waals surface area contributed by atoms with E-state index in [-0.39, 0.29) is 17.4 Å². The van der Waals surface area contributed by atoms with Crippen molar-refractivity contribution in [3.63, 3.8) is 0 Å². The molecule has 10 heteroatoms. The normalized spacial score (nSPS) is 10.0. The Morgan fingerprint density at radius 3 is 1.48 bits per heavy atom. The predicted molar refractivity (Wildman–Crippen MR) is 109 cm³/mol. The smallest absolute Gasteiger partial charge is 0.348 e. The maximum absolute atomic E-state index is 12.2. The maximum atomic E-state index is 12.2. The van der Waals surface area contributed by atoms with Gasteiger partial charge in [0.15, 0.2) is 0 Å². The van der Waals surface area contributed by atoms with Crippen LogP contribution in [0.15, 0.2) is 0 Å². The van der Waals surface area contributed by atoms with Gasteiger partial charge in [0, 0.05) is 20.8 Å². The molecule has 2 amide bonds. The van der Waals surface area contributed by atoms with Crippen molar-refractivity contribution < 1.29 is 23.9 Å². The summed E-state index contributed by atoms with van der Waals surface area (Å²) in [5.41, 5.74) is 0.853. The Hall–Kier alpha value is -0.510. The number of nitrogens with one attached hydrogen (secondary N) is 2. The van der Waals surface area contributed by atoms with E-state index in [0.29, 0.717) is 22.1 Å². The first-order valence-electron chi connectivity index (χ1n) is 6.04. The second-order valence-corrected chi connectivity index (χ2v) is 7.55. The van der Waals surface area contributed by atoms with Crippen molar-refractivity contribution in [2.75, 3.05) is 10.6 Å². The molecule has 0 fully saturated rings. The van der Waals surface area contributed by atoms with Crippen molar-refractivity contribution >= 4 is 103 Å². The topological polar surface area (TPSA) is 102 Å². The molecule has 0 aliphatic carbocycles. The molecule has 7 nitrogen and oxygen atoms in total. The number of amides is 2. The van der Waals surface area contributed by atoms with E-state index in [1.165, 1.54) is 13.8 Å². The highest BCUT2D eigenvalue weighted by Gasteiger charge is 2.27. The number of rotatable bonds is 3. The van der Waals surface area contributed by atoms with Gasteiger partial charge in [-0.1, -0.05) is 0 Å². The summed E-state index contributed by atoms with van der Waals surface area (Å²) in [5.74, 6) is -2.26. The number of halogens is 3. The van der Waals surface area contributed by atoms with Crippen LogP contribution in [0.1, 0.15) is 31.1 Å². The number of carbonyl (C=O) groups excluding carboxylic acids is 4. The van der Waals surface area contributed by atoms with Gasteiger partial charge in [0.2, 0.25) is 11.8 Å². The van der Waals surface area contributed by atoms with E-state index in [1.54, 1.807) is 0 Å². The van der Waals surface area contributed by atoms with Crippen LogP contribution >= 0.6 is 67.8 Å². The van der Waals surface area contributed by atoms with E-state index in [4.69, 9.17) is 0 Å². The molecule has 23 heavy (non-hydrogen) atoms. The van der Waals surface area contributed by atoms with Gasteiger partial charge in [-0.2, -0.15) is 0 Å². The third kappa shape index (κ3) is 5.23. The van der Waals surface area contributed by atoms with Gasteiger partial charge in [0.05, 0.1) is 27.6 Å². The maximum Gasteiger partial charge on any atom is 0.348 e. The minimum atomic E-state index is -0.846. The lowest BCUT2D eigenvalue weighted by molar-refractivity contribution is -0.135. The molecule has 0 saturated carbocycles. The van der Waals surface area contributed by atoms with Crippen LogP contribution in [0.5, 0.6) is 0 Å². The Morgan fingerprint density at radius 1 is 0.783 bits per heavy atom. The summed E-state index contributed by atoms with van der Waals surface area (Å²) in [4.78, 5) is 46.1. The fourth-order valence-electron chi connectivity index (χ4n) is 1.60. The van der Waals surface area contributed by atoms with Gasteiger partial charge in [-0.25, -0.2) is 4.79 Å². The average Bonchev–Trinajstić information content (AvgIpc) is 2.38. The lowest BCUT2D eigenvalue weighted by atomic mass is 10.1. The Kier molecular flexibility index (Phi) is 7.63. The first-order chi connectivity index (χ1) is 10.6. The number of ether oxygens (including phenoxy) is 1. The van der Waals surface area contributed by atoms with E-state index in [2.05, 4.69) is 15.4 Å². The highest BCUT2D eigenvalue weighted by molar-refractivity contribution is 14.1. The summed E-state index contributed by atoms with van der Waals surface area (Å²) in [6, 6.07) is 0. The molecule has 0 unspecified atom stereocenters. The fourth-order valence-corrected chi connectivity index (χ4v) is 5.74. The zero-order valence-corrected chi connectivity index (χ0v) is 18.6. The van der Waals surface area contributed by atoms with Crippen LogP contribution in [0.25, 0.3) is 0 Å². The molecule has 0 radical (unpaired) electrons. The van der Waals surface area contributed by atoms with Crippen LogP contribution in [-0.4, -0.2) is 23.8 Å². The van der Waals surface area contributed by atoms with Gasteiger partial charge in [0.25, 0.3) is 0 Å². The highest BCUT2D eigenvalue weighted by atomic mass is 127. The summed E-state index contributed by atoms with van der Waals surface area (Å²) >= 11 is 5.74. The molecule has 0 spiro atoms. The first-order valence-corrected chi connectivity index (χ1v) is 9.28. The number of carbonyl (C=O) groups is 4. The van der Waals surface area contributed by atoms with Gasteiger partial charge in [-0.3, -0.25) is 14.4 Å². The average molecular weight is 656 g/mol. The molecule has 1 aromatic rings. The molecule has 1 aromatic carbocycles. The van der Waals surface area contributed by atoms with E-state index >= 15 is 0 Å². The molecule has 0 atom stereocenters. The van der Waals surface area contributed by atoms with Crippen molar-refractivity contribution in [1.82, 2.24) is 0 Å². The monoisotopic (exact) mass is 656 g/mol. The Bertz CT molecular complexity index is 675. The third-order valence-electron chi connectivity index (χ3n) is 2.36. The van der Waals surface area contributed by atoms with Gasteiger partial charge in [-0.05, 0) is 67.8 Å². The molecule has 0 aliphatic rings. The summed E-state index contributed by atoms with van der Waals surface area (Å²) in [6.07, 6.45) is 0. The second kappa shape index (κ2) is 8.55. The molecule has 0 aromatic heterocycles. The number of benzene rings is 1. The quantitative estimate of drug-likeness (QED) is 0.296. The zero-order chi connectivity index (χ0) is 17.9. The van der Waals surface area contributed by atoms with Crippen LogP contribution in [0.3, 0.4) is 0 Å². The molecular formula is C13H11I3N2O5. The molecule has 0 bridgehead atoms. The number of esters is 2. The van der Waals surface area contributed by atoms with Crippen LogP contribution in [0.2, 0.25) is 0 Å². The second-order valence-electron chi connectivity index (χ2n) is 4.31. The van der Waals surface area contributed by atoms with E-state index in [1.807, 2.05) is 67.8 Å².